The van der Waals surface area contributed by atoms with Gasteiger partial charge in [-0.1, -0.05) is 54.6 Å². The van der Waals surface area contributed by atoms with E-state index >= 15 is 0 Å². The van der Waals surface area contributed by atoms with E-state index in [0.717, 1.165) is 17.9 Å². The van der Waals surface area contributed by atoms with Gasteiger partial charge in [0, 0.05) is 35.3 Å². The van der Waals surface area contributed by atoms with Crippen LogP contribution in [0.25, 0.3) is 0 Å². The second kappa shape index (κ2) is 12.2. The highest BCUT2D eigenvalue weighted by molar-refractivity contribution is 6.12. The maximum atomic E-state index is 13.1. The van der Waals surface area contributed by atoms with Crippen LogP contribution in [0.4, 0.5) is 5.69 Å². The first-order chi connectivity index (χ1) is 16.8. The molecule has 0 aliphatic heterocycles. The van der Waals surface area contributed by atoms with Gasteiger partial charge in [-0.15, -0.1) is 0 Å². The van der Waals surface area contributed by atoms with E-state index in [2.05, 4.69) is 31.4 Å². The molecule has 3 rings (SSSR count). The van der Waals surface area contributed by atoms with Gasteiger partial charge >= 0.3 is 5.97 Å². The van der Waals surface area contributed by atoms with Crippen LogP contribution in [0.5, 0.6) is 5.75 Å². The van der Waals surface area contributed by atoms with Crippen LogP contribution in [0.1, 0.15) is 42.3 Å². The quantitative estimate of drug-likeness (QED) is 0.234. The minimum absolute atomic E-state index is 0.0491. The summed E-state index contributed by atoms with van der Waals surface area (Å²) in [4.78, 5) is 25.7. The average molecular weight is 475 g/mol. The Morgan fingerprint density at radius 2 is 1.54 bits per heavy atom. The number of rotatable bonds is 11. The number of methoxy groups -OCH3 is 1. The number of ketones is 1. The monoisotopic (exact) mass is 474 g/mol. The first-order valence-corrected chi connectivity index (χ1v) is 11.8. The summed E-state index contributed by atoms with van der Waals surface area (Å²) in [7, 11) is 1.36. The molecule has 3 aromatic carbocycles. The second-order valence-corrected chi connectivity index (χ2v) is 9.33. The summed E-state index contributed by atoms with van der Waals surface area (Å²) in [6.07, 6.45) is 0.395. The van der Waals surface area contributed by atoms with Crippen LogP contribution in [-0.2, 0) is 16.0 Å². The maximum absolute atomic E-state index is 13.1. The minimum Gasteiger partial charge on any atom is -0.492 e. The van der Waals surface area contributed by atoms with Gasteiger partial charge in [-0.05, 0) is 50.6 Å². The zero-order valence-electron chi connectivity index (χ0n) is 20.8. The smallest absolute Gasteiger partial charge is 0.328 e. The van der Waals surface area contributed by atoms with Gasteiger partial charge < -0.3 is 20.1 Å². The number of para-hydroxylation sites is 1. The summed E-state index contributed by atoms with van der Waals surface area (Å²) in [5.74, 6) is 0.256. The van der Waals surface area contributed by atoms with Crippen LogP contribution in [-0.4, -0.2) is 43.6 Å². The molecule has 6 heteroatoms. The SMILES string of the molecule is COC(=O)C(Cc1ccc(OCCNC(C)(C)C)cc1)Nc1ccccc1C(=O)c1ccccc1. The summed E-state index contributed by atoms with van der Waals surface area (Å²) in [6.45, 7) is 7.66. The number of esters is 1. The average Bonchev–Trinajstić information content (AvgIpc) is 2.86. The van der Waals surface area contributed by atoms with E-state index in [-0.39, 0.29) is 11.3 Å². The molecule has 0 heterocycles. The van der Waals surface area contributed by atoms with E-state index in [1.807, 2.05) is 54.6 Å². The summed E-state index contributed by atoms with van der Waals surface area (Å²) in [5.41, 5.74) is 2.67. The Kier molecular flexibility index (Phi) is 9.04. The first kappa shape index (κ1) is 26.0. The zero-order valence-corrected chi connectivity index (χ0v) is 20.8. The van der Waals surface area contributed by atoms with Crippen molar-refractivity contribution in [2.75, 3.05) is 25.6 Å². The molecule has 0 aliphatic carbocycles. The van der Waals surface area contributed by atoms with E-state index in [0.29, 0.717) is 29.8 Å². The Labute approximate surface area is 207 Å². The first-order valence-electron chi connectivity index (χ1n) is 11.8. The van der Waals surface area contributed by atoms with Crippen LogP contribution in [0.15, 0.2) is 78.9 Å². The highest BCUT2D eigenvalue weighted by Gasteiger charge is 2.22. The Balaban J connectivity index is 1.69. The molecule has 0 aromatic heterocycles. The molecular weight excluding hydrogens is 440 g/mol. The van der Waals surface area contributed by atoms with Gasteiger partial charge in [-0.25, -0.2) is 4.79 Å². The second-order valence-electron chi connectivity index (χ2n) is 9.33. The molecule has 1 unspecified atom stereocenters. The third-order valence-corrected chi connectivity index (χ3v) is 5.41. The topological polar surface area (TPSA) is 76.7 Å². The van der Waals surface area contributed by atoms with Crippen LogP contribution >= 0.6 is 0 Å². The van der Waals surface area contributed by atoms with Crippen LogP contribution in [0.2, 0.25) is 0 Å². The van der Waals surface area contributed by atoms with Crippen molar-refractivity contribution in [2.45, 2.75) is 38.8 Å². The van der Waals surface area contributed by atoms with Crippen molar-refractivity contribution in [1.29, 1.82) is 0 Å². The fraction of sp³-hybridized carbons (Fsp3) is 0.310. The number of hydrogen-bond donors (Lipinski definition) is 2. The fourth-order valence-corrected chi connectivity index (χ4v) is 3.63. The largest absolute Gasteiger partial charge is 0.492 e. The maximum Gasteiger partial charge on any atom is 0.328 e. The predicted molar refractivity (Wildman–Crippen MR) is 139 cm³/mol. The molecule has 6 nitrogen and oxygen atoms in total. The van der Waals surface area contributed by atoms with Crippen molar-refractivity contribution in [3.05, 3.63) is 95.6 Å². The molecule has 184 valence electrons. The molecule has 0 radical (unpaired) electrons. The number of anilines is 1. The number of hydrogen-bond acceptors (Lipinski definition) is 6. The minimum atomic E-state index is -0.660. The van der Waals surface area contributed by atoms with Crippen molar-refractivity contribution < 1.29 is 19.1 Å². The van der Waals surface area contributed by atoms with Gasteiger partial charge in [0.1, 0.15) is 18.4 Å². The van der Waals surface area contributed by atoms with E-state index < -0.39 is 12.0 Å². The molecule has 0 amide bonds. The standard InChI is InChI=1S/C29H34N2O4/c1-29(2,3)30-18-19-35-23-16-14-21(15-17-23)20-26(28(33)34-4)31-25-13-9-8-12-24(25)27(32)22-10-6-5-7-11-22/h5-17,26,30-31H,18-20H2,1-4H3. The molecule has 0 bridgehead atoms. The van der Waals surface area contributed by atoms with Crippen molar-refractivity contribution >= 4 is 17.4 Å². The van der Waals surface area contributed by atoms with Gasteiger partial charge in [0.15, 0.2) is 5.78 Å². The third-order valence-electron chi connectivity index (χ3n) is 5.41. The molecule has 0 saturated carbocycles. The highest BCUT2D eigenvalue weighted by Crippen LogP contribution is 2.22. The van der Waals surface area contributed by atoms with E-state index in [9.17, 15) is 9.59 Å². The van der Waals surface area contributed by atoms with Crippen molar-refractivity contribution in [1.82, 2.24) is 5.32 Å². The summed E-state index contributed by atoms with van der Waals surface area (Å²) < 4.78 is 10.8. The molecule has 0 saturated heterocycles. The van der Waals surface area contributed by atoms with Crippen LogP contribution < -0.4 is 15.4 Å². The Hall–Kier alpha value is -3.64. The summed E-state index contributed by atoms with van der Waals surface area (Å²) >= 11 is 0. The molecule has 0 fully saturated rings. The molecule has 0 aliphatic rings. The van der Waals surface area contributed by atoms with Crippen LogP contribution in [0.3, 0.4) is 0 Å². The lowest BCUT2D eigenvalue weighted by atomic mass is 10.00. The van der Waals surface area contributed by atoms with Crippen LogP contribution in [0, 0.1) is 0 Å². The molecule has 3 aromatic rings. The predicted octanol–water partition coefficient (Wildman–Crippen LogP) is 4.88. The van der Waals surface area contributed by atoms with Crippen molar-refractivity contribution in [3.63, 3.8) is 0 Å². The molecular formula is C29H34N2O4. The Morgan fingerprint density at radius 3 is 2.20 bits per heavy atom. The van der Waals surface area contributed by atoms with E-state index in [1.165, 1.54) is 7.11 Å². The third kappa shape index (κ3) is 7.97. The number of nitrogens with one attached hydrogen (secondary N) is 2. The molecule has 0 spiro atoms. The lowest BCUT2D eigenvalue weighted by molar-refractivity contribution is -0.141. The molecule has 2 N–H and O–H groups in total. The fourth-order valence-electron chi connectivity index (χ4n) is 3.63. The van der Waals surface area contributed by atoms with Gasteiger partial charge in [-0.2, -0.15) is 0 Å². The van der Waals surface area contributed by atoms with Gasteiger partial charge in [0.2, 0.25) is 0 Å². The summed E-state index contributed by atoms with van der Waals surface area (Å²) in [5, 5.41) is 6.62. The highest BCUT2D eigenvalue weighted by atomic mass is 16.5. The van der Waals surface area contributed by atoms with E-state index in [4.69, 9.17) is 9.47 Å². The van der Waals surface area contributed by atoms with E-state index in [1.54, 1.807) is 24.3 Å². The van der Waals surface area contributed by atoms with Gasteiger partial charge in [0.05, 0.1) is 7.11 Å². The molecule has 1 atom stereocenters. The normalized spacial score (nSPS) is 12.0. The number of ether oxygens (including phenoxy) is 2. The zero-order chi connectivity index (χ0) is 25.3. The lowest BCUT2D eigenvalue weighted by Crippen LogP contribution is -2.38. The Bertz CT molecular complexity index is 1110. The number of carbonyl (C=O) groups excluding carboxylic acids is 2. The number of benzene rings is 3. The number of carbonyl (C=O) groups is 2. The van der Waals surface area contributed by atoms with Gasteiger partial charge in [-0.3, -0.25) is 4.79 Å². The lowest BCUT2D eigenvalue weighted by Gasteiger charge is -2.21. The molecule has 35 heavy (non-hydrogen) atoms. The van der Waals surface area contributed by atoms with Crippen molar-refractivity contribution in [3.8, 4) is 5.75 Å². The summed E-state index contributed by atoms with van der Waals surface area (Å²) in [6, 6.07) is 23.3. The van der Waals surface area contributed by atoms with Gasteiger partial charge in [0.25, 0.3) is 0 Å². The van der Waals surface area contributed by atoms with Crippen molar-refractivity contribution in [2.24, 2.45) is 0 Å². The Morgan fingerprint density at radius 1 is 0.886 bits per heavy atom.